The van der Waals surface area contributed by atoms with Crippen LogP contribution in [0.2, 0.25) is 0 Å². The van der Waals surface area contributed by atoms with Crippen LogP contribution in [-0.4, -0.2) is 45.7 Å². The number of thiol groups is 1. The lowest BCUT2D eigenvalue weighted by atomic mass is 9.84. The van der Waals surface area contributed by atoms with E-state index in [1.54, 1.807) is 18.4 Å². The molecule has 1 amide bonds. The van der Waals surface area contributed by atoms with Crippen LogP contribution in [0.1, 0.15) is 49.1 Å². The van der Waals surface area contributed by atoms with Crippen molar-refractivity contribution in [1.82, 2.24) is 9.80 Å². The monoisotopic (exact) mass is 352 g/mol. The minimum absolute atomic E-state index is 0.0200. The van der Waals surface area contributed by atoms with Crippen LogP contribution < -0.4 is 0 Å². The summed E-state index contributed by atoms with van der Waals surface area (Å²) in [5, 5.41) is 0. The van der Waals surface area contributed by atoms with Gasteiger partial charge in [0.1, 0.15) is 4.32 Å². The molecular formula is C17H24N2O2S2. The van der Waals surface area contributed by atoms with Gasteiger partial charge in [0.25, 0.3) is 5.91 Å². The number of furan rings is 1. The van der Waals surface area contributed by atoms with Crippen molar-refractivity contribution in [2.75, 3.05) is 19.6 Å². The van der Waals surface area contributed by atoms with Gasteiger partial charge in [-0.15, -0.1) is 12.6 Å². The molecule has 1 atom stereocenters. The molecule has 126 valence electrons. The number of amides is 1. The highest BCUT2D eigenvalue weighted by Gasteiger charge is 2.33. The topological polar surface area (TPSA) is 36.7 Å². The summed E-state index contributed by atoms with van der Waals surface area (Å²) in [5.74, 6) is 1.15. The standard InChI is InChI=1S/C17H24N2O2S2/c20-16(15-7-4-10-21-15)18-8-9-19(17(22)23)14(12-18)11-13-5-2-1-3-6-13/h4,7,10,13-14H,1-3,5-6,8-9,11-12H2,(H,22,23). The normalized spacial score (nSPS) is 23.1. The summed E-state index contributed by atoms with van der Waals surface area (Å²) in [7, 11) is 0. The summed E-state index contributed by atoms with van der Waals surface area (Å²) in [5.41, 5.74) is 0. The van der Waals surface area contributed by atoms with Gasteiger partial charge in [-0.3, -0.25) is 4.79 Å². The Balaban J connectivity index is 1.67. The summed E-state index contributed by atoms with van der Waals surface area (Å²) in [6.07, 6.45) is 9.27. The van der Waals surface area contributed by atoms with Crippen LogP contribution in [0.4, 0.5) is 0 Å². The smallest absolute Gasteiger partial charge is 0.289 e. The van der Waals surface area contributed by atoms with Crippen molar-refractivity contribution in [3.63, 3.8) is 0 Å². The fraction of sp³-hybridized carbons (Fsp3) is 0.647. The van der Waals surface area contributed by atoms with E-state index >= 15 is 0 Å². The molecule has 1 aliphatic carbocycles. The zero-order valence-electron chi connectivity index (χ0n) is 13.3. The molecule has 6 heteroatoms. The lowest BCUT2D eigenvalue weighted by Crippen LogP contribution is -2.55. The molecule has 1 aromatic heterocycles. The average molecular weight is 353 g/mol. The van der Waals surface area contributed by atoms with Crippen molar-refractivity contribution >= 4 is 35.1 Å². The Morgan fingerprint density at radius 3 is 2.74 bits per heavy atom. The molecule has 0 spiro atoms. The Hall–Kier alpha value is -1.01. The second-order valence-electron chi connectivity index (χ2n) is 6.60. The van der Waals surface area contributed by atoms with E-state index in [0.717, 1.165) is 18.9 Å². The first-order chi connectivity index (χ1) is 11.1. The summed E-state index contributed by atoms with van der Waals surface area (Å²) in [6.45, 7) is 2.13. The lowest BCUT2D eigenvalue weighted by molar-refractivity contribution is 0.0554. The van der Waals surface area contributed by atoms with E-state index in [2.05, 4.69) is 17.5 Å². The van der Waals surface area contributed by atoms with Gasteiger partial charge in [0.15, 0.2) is 5.76 Å². The van der Waals surface area contributed by atoms with Crippen LogP contribution >= 0.6 is 24.8 Å². The molecule has 4 nitrogen and oxygen atoms in total. The summed E-state index contributed by atoms with van der Waals surface area (Å²) < 4.78 is 5.91. The Labute approximate surface area is 148 Å². The third kappa shape index (κ3) is 4.10. The van der Waals surface area contributed by atoms with Gasteiger partial charge >= 0.3 is 0 Å². The van der Waals surface area contributed by atoms with Gasteiger partial charge in [-0.25, -0.2) is 0 Å². The molecule has 0 radical (unpaired) electrons. The van der Waals surface area contributed by atoms with E-state index in [-0.39, 0.29) is 11.9 Å². The summed E-state index contributed by atoms with van der Waals surface area (Å²) in [4.78, 5) is 16.6. The number of rotatable bonds is 3. The number of hydrogen-bond acceptors (Lipinski definition) is 3. The number of nitrogens with zero attached hydrogens (tertiary/aromatic N) is 2. The summed E-state index contributed by atoms with van der Waals surface area (Å²) >= 11 is 9.71. The summed E-state index contributed by atoms with van der Waals surface area (Å²) in [6, 6.07) is 3.76. The minimum atomic E-state index is -0.0200. The molecule has 1 aromatic rings. The minimum Gasteiger partial charge on any atom is -0.459 e. The van der Waals surface area contributed by atoms with Crippen molar-refractivity contribution in [3.05, 3.63) is 24.2 Å². The van der Waals surface area contributed by atoms with Gasteiger partial charge in [-0.1, -0.05) is 44.3 Å². The Morgan fingerprint density at radius 2 is 2.09 bits per heavy atom. The van der Waals surface area contributed by atoms with Crippen molar-refractivity contribution in [1.29, 1.82) is 0 Å². The van der Waals surface area contributed by atoms with E-state index in [1.807, 2.05) is 4.90 Å². The lowest BCUT2D eigenvalue weighted by Gasteiger charge is -2.43. The first kappa shape index (κ1) is 16.8. The van der Waals surface area contributed by atoms with E-state index in [1.165, 1.54) is 32.1 Å². The number of carbonyl (C=O) groups excluding carboxylic acids is 1. The van der Waals surface area contributed by atoms with E-state index in [0.29, 0.717) is 23.2 Å². The molecule has 0 aromatic carbocycles. The Bertz CT molecular complexity index is 541. The molecule has 1 unspecified atom stereocenters. The second-order valence-corrected chi connectivity index (χ2v) is 7.71. The van der Waals surface area contributed by atoms with Crippen LogP contribution in [0.5, 0.6) is 0 Å². The molecule has 23 heavy (non-hydrogen) atoms. The van der Waals surface area contributed by atoms with Crippen LogP contribution in [0.25, 0.3) is 0 Å². The van der Waals surface area contributed by atoms with Gasteiger partial charge in [-0.2, -0.15) is 0 Å². The van der Waals surface area contributed by atoms with Crippen molar-refractivity contribution in [2.24, 2.45) is 5.92 Å². The van der Waals surface area contributed by atoms with Gasteiger partial charge in [-0.05, 0) is 24.5 Å². The maximum absolute atomic E-state index is 12.5. The number of hydrogen-bond donors (Lipinski definition) is 1. The third-order valence-electron chi connectivity index (χ3n) is 5.08. The molecule has 2 heterocycles. The maximum Gasteiger partial charge on any atom is 0.289 e. The highest BCUT2D eigenvalue weighted by molar-refractivity contribution is 8.10. The fourth-order valence-electron chi connectivity index (χ4n) is 3.86. The largest absolute Gasteiger partial charge is 0.459 e. The van der Waals surface area contributed by atoms with E-state index < -0.39 is 0 Å². The molecule has 0 bridgehead atoms. The molecule has 3 rings (SSSR count). The van der Waals surface area contributed by atoms with Crippen molar-refractivity contribution < 1.29 is 9.21 Å². The Kier molecular flexibility index (Phi) is 5.64. The number of thiocarbonyl (C=S) groups is 1. The molecular weight excluding hydrogens is 328 g/mol. The van der Waals surface area contributed by atoms with Crippen molar-refractivity contribution in [3.8, 4) is 0 Å². The van der Waals surface area contributed by atoms with Gasteiger partial charge in [0.2, 0.25) is 0 Å². The fourth-order valence-corrected chi connectivity index (χ4v) is 4.36. The highest BCUT2D eigenvalue weighted by Crippen LogP contribution is 2.30. The highest BCUT2D eigenvalue weighted by atomic mass is 32.1. The second kappa shape index (κ2) is 7.71. The van der Waals surface area contributed by atoms with E-state index in [4.69, 9.17) is 16.6 Å². The molecule has 2 aliphatic rings. The molecule has 2 fully saturated rings. The number of piperazine rings is 1. The van der Waals surface area contributed by atoms with Crippen molar-refractivity contribution in [2.45, 2.75) is 44.6 Å². The Morgan fingerprint density at radius 1 is 1.30 bits per heavy atom. The number of carbonyl (C=O) groups is 1. The quantitative estimate of drug-likeness (QED) is 0.666. The average Bonchev–Trinajstić information content (AvgIpc) is 3.09. The van der Waals surface area contributed by atoms with Crippen LogP contribution in [0.3, 0.4) is 0 Å². The van der Waals surface area contributed by atoms with Crippen LogP contribution in [-0.2, 0) is 0 Å². The SMILES string of the molecule is O=C(c1ccco1)N1CCN(C(=S)S)C(CC2CCCCC2)C1. The third-order valence-corrected chi connectivity index (χ3v) is 5.57. The predicted molar refractivity (Wildman–Crippen MR) is 97.9 cm³/mol. The van der Waals surface area contributed by atoms with Gasteiger partial charge in [0.05, 0.1) is 6.26 Å². The first-order valence-electron chi connectivity index (χ1n) is 8.47. The first-order valence-corrected chi connectivity index (χ1v) is 9.33. The molecule has 1 aliphatic heterocycles. The maximum atomic E-state index is 12.5. The van der Waals surface area contributed by atoms with E-state index in [9.17, 15) is 4.79 Å². The predicted octanol–water partition coefficient (Wildman–Crippen LogP) is 3.59. The molecule has 1 saturated heterocycles. The molecule has 0 N–H and O–H groups in total. The zero-order valence-corrected chi connectivity index (χ0v) is 15.0. The zero-order chi connectivity index (χ0) is 16.2. The molecule has 1 saturated carbocycles. The van der Waals surface area contributed by atoms with Gasteiger partial charge in [0, 0.05) is 25.7 Å². The van der Waals surface area contributed by atoms with Gasteiger partial charge < -0.3 is 14.2 Å². The van der Waals surface area contributed by atoms with Crippen LogP contribution in [0, 0.1) is 5.92 Å². The van der Waals surface area contributed by atoms with Crippen LogP contribution in [0.15, 0.2) is 22.8 Å².